The second-order valence-corrected chi connectivity index (χ2v) is 4.50. The molecule has 0 saturated carbocycles. The molecule has 0 saturated heterocycles. The Bertz CT molecular complexity index is 386. The average Bonchev–Trinajstić information content (AvgIpc) is 2.29. The number of hydrogen-bond donors (Lipinski definition) is 1. The normalized spacial score (nSPS) is 12.5. The van der Waals surface area contributed by atoms with Crippen molar-refractivity contribution in [3.8, 4) is 0 Å². The van der Waals surface area contributed by atoms with Gasteiger partial charge in [-0.3, -0.25) is 4.79 Å². The number of ketones is 1. The molecule has 0 aliphatic carbocycles. The molecule has 1 unspecified atom stereocenters. The van der Waals surface area contributed by atoms with E-state index < -0.39 is 0 Å². The molecule has 17 heavy (non-hydrogen) atoms. The smallest absolute Gasteiger partial charge is 0.137 e. The molecular formula is C14H20FNO. The summed E-state index contributed by atoms with van der Waals surface area (Å²) < 4.78 is 12.9. The predicted octanol–water partition coefficient (Wildman–Crippen LogP) is 2.62. The summed E-state index contributed by atoms with van der Waals surface area (Å²) in [6, 6.07) is 4.55. The van der Waals surface area contributed by atoms with Crippen molar-refractivity contribution in [3.63, 3.8) is 0 Å². The van der Waals surface area contributed by atoms with Crippen LogP contribution in [0, 0.1) is 18.7 Å². The van der Waals surface area contributed by atoms with E-state index in [0.717, 1.165) is 17.5 Å². The number of aryl methyl sites for hydroxylation is 1. The molecule has 0 heterocycles. The zero-order valence-electron chi connectivity index (χ0n) is 10.5. The Labute approximate surface area is 102 Å². The van der Waals surface area contributed by atoms with E-state index in [1.54, 1.807) is 6.07 Å². The fourth-order valence-corrected chi connectivity index (χ4v) is 1.86. The van der Waals surface area contributed by atoms with Crippen molar-refractivity contribution in [3.05, 3.63) is 35.1 Å². The lowest BCUT2D eigenvalue weighted by Gasteiger charge is -2.11. The Hall–Kier alpha value is -1.22. The molecule has 3 heteroatoms. The molecule has 94 valence electrons. The van der Waals surface area contributed by atoms with E-state index in [1.165, 1.54) is 12.1 Å². The highest BCUT2D eigenvalue weighted by atomic mass is 19.1. The first-order valence-electron chi connectivity index (χ1n) is 6.03. The fourth-order valence-electron chi connectivity index (χ4n) is 1.86. The SMILES string of the molecule is CCC(CN)CC(=O)Cc1ccc(F)cc1C. The molecule has 2 N–H and O–H groups in total. The van der Waals surface area contributed by atoms with Crippen LogP contribution < -0.4 is 5.73 Å². The van der Waals surface area contributed by atoms with Crippen LogP contribution in [0.25, 0.3) is 0 Å². The van der Waals surface area contributed by atoms with Crippen LogP contribution in [0.15, 0.2) is 18.2 Å². The number of benzene rings is 1. The number of nitrogens with two attached hydrogens (primary N) is 1. The van der Waals surface area contributed by atoms with Crippen LogP contribution >= 0.6 is 0 Å². The minimum atomic E-state index is -0.257. The van der Waals surface area contributed by atoms with Crippen LogP contribution in [-0.2, 0) is 11.2 Å². The molecule has 0 amide bonds. The first kappa shape index (κ1) is 13.8. The Morgan fingerprint density at radius 1 is 1.47 bits per heavy atom. The lowest BCUT2D eigenvalue weighted by molar-refractivity contribution is -0.119. The van der Waals surface area contributed by atoms with Crippen molar-refractivity contribution in [1.29, 1.82) is 0 Å². The summed E-state index contributed by atoms with van der Waals surface area (Å²) in [7, 11) is 0. The van der Waals surface area contributed by atoms with Gasteiger partial charge in [-0.2, -0.15) is 0 Å². The minimum absolute atomic E-state index is 0.178. The summed E-state index contributed by atoms with van der Waals surface area (Å²) in [5.74, 6) is 0.187. The summed E-state index contributed by atoms with van der Waals surface area (Å²) in [5, 5.41) is 0. The zero-order chi connectivity index (χ0) is 12.8. The molecule has 1 atom stereocenters. The van der Waals surface area contributed by atoms with Crippen LogP contribution in [0.4, 0.5) is 4.39 Å². The topological polar surface area (TPSA) is 43.1 Å². The molecular weight excluding hydrogens is 217 g/mol. The molecule has 1 rings (SSSR count). The lowest BCUT2D eigenvalue weighted by atomic mass is 9.95. The molecule has 2 nitrogen and oxygen atoms in total. The summed E-state index contributed by atoms with van der Waals surface area (Å²) >= 11 is 0. The van der Waals surface area contributed by atoms with E-state index in [4.69, 9.17) is 5.73 Å². The Morgan fingerprint density at radius 3 is 2.71 bits per heavy atom. The molecule has 0 aliphatic rings. The van der Waals surface area contributed by atoms with Gasteiger partial charge < -0.3 is 5.73 Å². The van der Waals surface area contributed by atoms with Crippen LogP contribution in [0.2, 0.25) is 0 Å². The second kappa shape index (κ2) is 6.50. The van der Waals surface area contributed by atoms with Gasteiger partial charge in [0.1, 0.15) is 11.6 Å². The van der Waals surface area contributed by atoms with Crippen molar-refractivity contribution in [2.24, 2.45) is 11.7 Å². The van der Waals surface area contributed by atoms with Crippen LogP contribution in [0.3, 0.4) is 0 Å². The van der Waals surface area contributed by atoms with Gasteiger partial charge in [0.25, 0.3) is 0 Å². The van der Waals surface area contributed by atoms with Gasteiger partial charge in [-0.05, 0) is 42.6 Å². The first-order chi connectivity index (χ1) is 8.06. The number of Topliss-reactive ketones (excluding diaryl/α,β-unsaturated/α-hetero) is 1. The van der Waals surface area contributed by atoms with Crippen LogP contribution in [0.5, 0.6) is 0 Å². The van der Waals surface area contributed by atoms with Crippen molar-refractivity contribution in [2.75, 3.05) is 6.54 Å². The lowest BCUT2D eigenvalue weighted by Crippen LogP contribution is -2.18. The van der Waals surface area contributed by atoms with E-state index in [-0.39, 0.29) is 17.5 Å². The summed E-state index contributed by atoms with van der Waals surface area (Å²) in [5.41, 5.74) is 7.31. The van der Waals surface area contributed by atoms with Gasteiger partial charge in [-0.25, -0.2) is 4.39 Å². The van der Waals surface area contributed by atoms with Gasteiger partial charge in [-0.1, -0.05) is 19.4 Å². The summed E-state index contributed by atoms with van der Waals surface area (Å²) in [6.45, 7) is 4.41. The fraction of sp³-hybridized carbons (Fsp3) is 0.500. The average molecular weight is 237 g/mol. The highest BCUT2D eigenvalue weighted by Crippen LogP contribution is 2.14. The molecule has 0 bridgehead atoms. The van der Waals surface area contributed by atoms with Crippen molar-refractivity contribution >= 4 is 5.78 Å². The number of rotatable bonds is 6. The van der Waals surface area contributed by atoms with Gasteiger partial charge in [0.2, 0.25) is 0 Å². The third-order valence-electron chi connectivity index (χ3n) is 3.12. The van der Waals surface area contributed by atoms with Crippen LogP contribution in [0.1, 0.15) is 30.9 Å². The minimum Gasteiger partial charge on any atom is -0.330 e. The molecule has 0 spiro atoms. The zero-order valence-corrected chi connectivity index (χ0v) is 10.5. The third kappa shape index (κ3) is 4.27. The largest absolute Gasteiger partial charge is 0.330 e. The van der Waals surface area contributed by atoms with Gasteiger partial charge in [0.15, 0.2) is 0 Å². The maximum Gasteiger partial charge on any atom is 0.137 e. The molecule has 1 aromatic rings. The maximum atomic E-state index is 12.9. The van der Waals surface area contributed by atoms with Crippen LogP contribution in [-0.4, -0.2) is 12.3 Å². The Morgan fingerprint density at radius 2 is 2.18 bits per heavy atom. The first-order valence-corrected chi connectivity index (χ1v) is 6.03. The maximum absolute atomic E-state index is 12.9. The molecule has 0 radical (unpaired) electrons. The quantitative estimate of drug-likeness (QED) is 0.826. The van der Waals surface area contributed by atoms with E-state index in [9.17, 15) is 9.18 Å². The van der Waals surface area contributed by atoms with E-state index in [0.29, 0.717) is 19.4 Å². The Balaban J connectivity index is 2.62. The van der Waals surface area contributed by atoms with Crippen molar-refractivity contribution in [1.82, 2.24) is 0 Å². The number of carbonyl (C=O) groups excluding carboxylic acids is 1. The van der Waals surface area contributed by atoms with E-state index in [2.05, 4.69) is 0 Å². The highest BCUT2D eigenvalue weighted by Gasteiger charge is 2.12. The highest BCUT2D eigenvalue weighted by molar-refractivity contribution is 5.81. The number of hydrogen-bond acceptors (Lipinski definition) is 2. The molecule has 0 aliphatic heterocycles. The van der Waals surface area contributed by atoms with Crippen molar-refractivity contribution in [2.45, 2.75) is 33.1 Å². The summed E-state index contributed by atoms with van der Waals surface area (Å²) in [4.78, 5) is 11.8. The van der Waals surface area contributed by atoms with E-state index in [1.807, 2.05) is 13.8 Å². The predicted molar refractivity (Wildman–Crippen MR) is 67.3 cm³/mol. The van der Waals surface area contributed by atoms with Crippen molar-refractivity contribution < 1.29 is 9.18 Å². The molecule has 0 fully saturated rings. The van der Waals surface area contributed by atoms with Gasteiger partial charge in [0, 0.05) is 12.8 Å². The number of carbonyl (C=O) groups is 1. The molecule has 1 aromatic carbocycles. The van der Waals surface area contributed by atoms with E-state index >= 15 is 0 Å². The van der Waals surface area contributed by atoms with Gasteiger partial charge >= 0.3 is 0 Å². The monoisotopic (exact) mass is 237 g/mol. The Kier molecular flexibility index (Phi) is 5.29. The standard InChI is InChI=1S/C14H20FNO/c1-3-11(9-16)7-14(17)8-12-4-5-13(15)6-10(12)2/h4-6,11H,3,7-9,16H2,1-2H3. The van der Waals surface area contributed by atoms with Gasteiger partial charge in [-0.15, -0.1) is 0 Å². The summed E-state index contributed by atoms with van der Waals surface area (Å²) in [6.07, 6.45) is 1.82. The van der Waals surface area contributed by atoms with Gasteiger partial charge in [0.05, 0.1) is 0 Å². The second-order valence-electron chi connectivity index (χ2n) is 4.50. The molecule has 0 aromatic heterocycles. The third-order valence-corrected chi connectivity index (χ3v) is 3.12. The number of halogens is 1.